The van der Waals surface area contributed by atoms with Crippen molar-refractivity contribution in [3.05, 3.63) is 35.9 Å². The molecule has 0 fully saturated rings. The molecule has 0 spiro atoms. The van der Waals surface area contributed by atoms with Gasteiger partial charge in [0, 0.05) is 6.54 Å². The largest absolute Gasteiger partial charge is 0.310 e. The number of nitrogens with zero attached hydrogens (tertiary/aromatic N) is 2. The first-order valence-corrected chi connectivity index (χ1v) is 4.99. The Labute approximate surface area is 91.1 Å². The Morgan fingerprint density at radius 1 is 1.33 bits per heavy atom. The Bertz CT molecular complexity index is 340. The van der Waals surface area contributed by atoms with Gasteiger partial charge in [-0.15, -0.1) is 0 Å². The van der Waals surface area contributed by atoms with Crippen molar-refractivity contribution in [3.8, 4) is 6.07 Å². The molecular formula is C12H17N3. The van der Waals surface area contributed by atoms with Crippen molar-refractivity contribution < 1.29 is 0 Å². The molecule has 0 aliphatic heterocycles. The summed E-state index contributed by atoms with van der Waals surface area (Å²) in [7, 11) is 3.95. The SMILES string of the molecule is CN(C)CCC(N)(C#N)c1ccccc1. The highest BCUT2D eigenvalue weighted by molar-refractivity contribution is 5.30. The molecule has 15 heavy (non-hydrogen) atoms. The van der Waals surface area contributed by atoms with E-state index >= 15 is 0 Å². The predicted octanol–water partition coefficient (Wildman–Crippen LogP) is 1.32. The molecule has 1 unspecified atom stereocenters. The highest BCUT2D eigenvalue weighted by Crippen LogP contribution is 2.21. The molecule has 1 aromatic carbocycles. The normalized spacial score (nSPS) is 14.6. The zero-order valence-corrected chi connectivity index (χ0v) is 9.27. The minimum atomic E-state index is -0.870. The van der Waals surface area contributed by atoms with Crippen LogP contribution in [-0.4, -0.2) is 25.5 Å². The lowest BCUT2D eigenvalue weighted by Gasteiger charge is -2.23. The van der Waals surface area contributed by atoms with Crippen LogP contribution in [0, 0.1) is 11.3 Å². The van der Waals surface area contributed by atoms with Gasteiger partial charge in [-0.25, -0.2) is 0 Å². The molecule has 0 aliphatic rings. The zero-order valence-electron chi connectivity index (χ0n) is 9.27. The number of rotatable bonds is 4. The summed E-state index contributed by atoms with van der Waals surface area (Å²) in [6.45, 7) is 0.805. The van der Waals surface area contributed by atoms with Crippen LogP contribution in [0.4, 0.5) is 0 Å². The second kappa shape index (κ2) is 4.92. The van der Waals surface area contributed by atoms with Crippen LogP contribution in [0.15, 0.2) is 30.3 Å². The van der Waals surface area contributed by atoms with Crippen LogP contribution in [0.1, 0.15) is 12.0 Å². The summed E-state index contributed by atoms with van der Waals surface area (Å²) < 4.78 is 0. The maximum absolute atomic E-state index is 9.16. The van der Waals surface area contributed by atoms with Gasteiger partial charge in [0.25, 0.3) is 0 Å². The maximum Gasteiger partial charge on any atom is 0.131 e. The molecule has 0 saturated heterocycles. The topological polar surface area (TPSA) is 53.0 Å². The lowest BCUT2D eigenvalue weighted by Crippen LogP contribution is -2.38. The van der Waals surface area contributed by atoms with Crippen LogP contribution in [0.5, 0.6) is 0 Å². The van der Waals surface area contributed by atoms with Crippen LogP contribution < -0.4 is 5.73 Å². The second-order valence-corrected chi connectivity index (χ2v) is 4.00. The number of nitrogens with two attached hydrogens (primary N) is 1. The van der Waals surface area contributed by atoms with E-state index in [0.29, 0.717) is 6.42 Å². The fraction of sp³-hybridized carbons (Fsp3) is 0.417. The summed E-state index contributed by atoms with van der Waals surface area (Å²) in [5.41, 5.74) is 6.09. The first-order valence-electron chi connectivity index (χ1n) is 4.99. The van der Waals surface area contributed by atoms with Crippen molar-refractivity contribution >= 4 is 0 Å². The molecule has 3 heteroatoms. The standard InChI is InChI=1S/C12H17N3/c1-15(2)9-8-12(14,10-13)11-6-4-3-5-7-11/h3-7H,8-9,14H2,1-2H3. The fourth-order valence-electron chi connectivity index (χ4n) is 1.40. The highest BCUT2D eigenvalue weighted by atomic mass is 15.1. The smallest absolute Gasteiger partial charge is 0.131 e. The molecule has 3 nitrogen and oxygen atoms in total. The first kappa shape index (κ1) is 11.7. The minimum absolute atomic E-state index is 0.639. The molecule has 0 bridgehead atoms. The van der Waals surface area contributed by atoms with Crippen molar-refractivity contribution in [2.24, 2.45) is 5.73 Å². The Morgan fingerprint density at radius 2 is 1.93 bits per heavy atom. The van der Waals surface area contributed by atoms with Gasteiger partial charge in [0.15, 0.2) is 0 Å². The quantitative estimate of drug-likeness (QED) is 0.803. The van der Waals surface area contributed by atoms with E-state index in [9.17, 15) is 0 Å². The number of nitriles is 1. The molecule has 2 N–H and O–H groups in total. The van der Waals surface area contributed by atoms with Gasteiger partial charge in [0.2, 0.25) is 0 Å². The third-order valence-corrected chi connectivity index (χ3v) is 2.44. The van der Waals surface area contributed by atoms with Crippen molar-refractivity contribution in [1.29, 1.82) is 5.26 Å². The summed E-state index contributed by atoms with van der Waals surface area (Å²) in [4.78, 5) is 2.03. The molecule has 0 heterocycles. The van der Waals surface area contributed by atoms with E-state index in [0.717, 1.165) is 12.1 Å². The van der Waals surface area contributed by atoms with Crippen molar-refractivity contribution in [1.82, 2.24) is 4.90 Å². The van der Waals surface area contributed by atoms with Crippen LogP contribution in [0.25, 0.3) is 0 Å². The highest BCUT2D eigenvalue weighted by Gasteiger charge is 2.26. The van der Waals surface area contributed by atoms with Gasteiger partial charge >= 0.3 is 0 Å². The van der Waals surface area contributed by atoms with E-state index in [4.69, 9.17) is 11.0 Å². The van der Waals surface area contributed by atoms with E-state index in [1.807, 2.05) is 49.3 Å². The fourth-order valence-corrected chi connectivity index (χ4v) is 1.40. The molecule has 1 atom stereocenters. The van der Waals surface area contributed by atoms with Crippen LogP contribution in [0.3, 0.4) is 0 Å². The third kappa shape index (κ3) is 3.05. The van der Waals surface area contributed by atoms with Gasteiger partial charge in [-0.1, -0.05) is 30.3 Å². The van der Waals surface area contributed by atoms with Crippen molar-refractivity contribution in [2.45, 2.75) is 12.0 Å². The Balaban J connectivity index is 2.82. The number of hydrogen-bond acceptors (Lipinski definition) is 3. The van der Waals surface area contributed by atoms with Gasteiger partial charge in [0.1, 0.15) is 5.54 Å². The monoisotopic (exact) mass is 203 g/mol. The van der Waals surface area contributed by atoms with Crippen molar-refractivity contribution in [3.63, 3.8) is 0 Å². The summed E-state index contributed by atoms with van der Waals surface area (Å²) in [5.74, 6) is 0. The molecule has 80 valence electrons. The zero-order chi connectivity index (χ0) is 11.3. The van der Waals surface area contributed by atoms with Gasteiger partial charge in [-0.05, 0) is 26.1 Å². The summed E-state index contributed by atoms with van der Waals surface area (Å²) in [6.07, 6.45) is 0.639. The van der Waals surface area contributed by atoms with Crippen molar-refractivity contribution in [2.75, 3.05) is 20.6 Å². The Hall–Kier alpha value is -1.37. The summed E-state index contributed by atoms with van der Waals surface area (Å²) >= 11 is 0. The molecule has 0 aromatic heterocycles. The van der Waals surface area contributed by atoms with Gasteiger partial charge in [-0.2, -0.15) is 5.26 Å². The van der Waals surface area contributed by atoms with Crippen LogP contribution in [-0.2, 0) is 5.54 Å². The first-order chi connectivity index (χ1) is 7.08. The van der Waals surface area contributed by atoms with E-state index < -0.39 is 5.54 Å². The van der Waals surface area contributed by atoms with E-state index in [1.165, 1.54) is 0 Å². The minimum Gasteiger partial charge on any atom is -0.310 e. The maximum atomic E-state index is 9.16. The average molecular weight is 203 g/mol. The molecule has 0 amide bonds. The third-order valence-electron chi connectivity index (χ3n) is 2.44. The van der Waals surface area contributed by atoms with Gasteiger partial charge in [-0.3, -0.25) is 0 Å². The second-order valence-electron chi connectivity index (χ2n) is 4.00. The van der Waals surface area contributed by atoms with E-state index in [1.54, 1.807) is 0 Å². The molecule has 1 aromatic rings. The molecule has 0 aliphatic carbocycles. The number of benzene rings is 1. The van der Waals surface area contributed by atoms with Gasteiger partial charge in [0.05, 0.1) is 6.07 Å². The summed E-state index contributed by atoms with van der Waals surface area (Å²) in [5, 5.41) is 9.16. The molecule has 0 radical (unpaired) electrons. The van der Waals surface area contributed by atoms with Crippen LogP contribution in [0.2, 0.25) is 0 Å². The van der Waals surface area contributed by atoms with E-state index in [2.05, 4.69) is 6.07 Å². The summed E-state index contributed by atoms with van der Waals surface area (Å²) in [6, 6.07) is 11.7. The Morgan fingerprint density at radius 3 is 2.40 bits per heavy atom. The molecule has 1 rings (SSSR count). The Kier molecular flexibility index (Phi) is 3.84. The van der Waals surface area contributed by atoms with Crippen LogP contribution >= 0.6 is 0 Å². The average Bonchev–Trinajstić information content (AvgIpc) is 2.27. The lowest BCUT2D eigenvalue weighted by atomic mass is 9.89. The predicted molar refractivity (Wildman–Crippen MR) is 61.1 cm³/mol. The lowest BCUT2D eigenvalue weighted by molar-refractivity contribution is 0.356. The molecular weight excluding hydrogens is 186 g/mol. The van der Waals surface area contributed by atoms with E-state index in [-0.39, 0.29) is 0 Å². The number of hydrogen-bond donors (Lipinski definition) is 1. The van der Waals surface area contributed by atoms with Gasteiger partial charge < -0.3 is 10.6 Å². The molecule has 0 saturated carbocycles.